The highest BCUT2D eigenvalue weighted by atomic mass is 31.2. The van der Waals surface area contributed by atoms with Crippen LogP contribution in [-0.2, 0) is 14.1 Å². The van der Waals surface area contributed by atoms with Crippen molar-refractivity contribution in [2.24, 2.45) is 5.41 Å². The molecule has 0 aromatic rings. The molecule has 2 N–H and O–H groups in total. The molecule has 0 amide bonds. The van der Waals surface area contributed by atoms with Gasteiger partial charge in [0.25, 0.3) is 0 Å². The molecule has 0 aliphatic rings. The predicted molar refractivity (Wildman–Crippen MR) is 107 cm³/mol. The van der Waals surface area contributed by atoms with Crippen molar-refractivity contribution in [2.45, 2.75) is 104 Å². The van der Waals surface area contributed by atoms with Gasteiger partial charge in [-0.05, 0) is 25.7 Å². The monoisotopic (exact) mass is 392 g/mol. The number of ether oxygens (including phenoxy) is 1. The lowest BCUT2D eigenvalue weighted by atomic mass is 9.80. The Labute approximate surface area is 160 Å². The van der Waals surface area contributed by atoms with E-state index in [0.29, 0.717) is 19.4 Å². The molecule has 0 aromatic heterocycles. The van der Waals surface area contributed by atoms with Crippen molar-refractivity contribution >= 4 is 13.6 Å². The zero-order valence-electron chi connectivity index (χ0n) is 17.2. The van der Waals surface area contributed by atoms with Crippen molar-refractivity contribution in [3.05, 3.63) is 0 Å². The van der Waals surface area contributed by atoms with Crippen LogP contribution in [0.5, 0.6) is 0 Å². The highest BCUT2D eigenvalue weighted by Crippen LogP contribution is 2.42. The maximum atomic E-state index is 12.4. The minimum Gasteiger partial charge on any atom is -0.465 e. The first-order valence-electron chi connectivity index (χ1n) is 10.5. The van der Waals surface area contributed by atoms with Crippen LogP contribution in [0.25, 0.3) is 0 Å². The summed E-state index contributed by atoms with van der Waals surface area (Å²) in [5, 5.41) is 0. The molecule has 0 radical (unpaired) electrons. The van der Waals surface area contributed by atoms with Crippen molar-refractivity contribution in [1.82, 2.24) is 0 Å². The van der Waals surface area contributed by atoms with E-state index in [-0.39, 0.29) is 18.6 Å². The number of unbranched alkanes of at least 4 members (excludes halogenated alkanes) is 9. The summed E-state index contributed by atoms with van der Waals surface area (Å²) in [4.78, 5) is 30.6. The molecule has 0 spiro atoms. The van der Waals surface area contributed by atoms with Crippen LogP contribution in [0.3, 0.4) is 0 Å². The Morgan fingerprint density at radius 2 is 1.31 bits per heavy atom. The van der Waals surface area contributed by atoms with Crippen molar-refractivity contribution in [3.8, 4) is 0 Å². The summed E-state index contributed by atoms with van der Waals surface area (Å²) in [6.07, 6.45) is 13.3. The number of carbonyl (C=O) groups excluding carboxylic acids is 1. The van der Waals surface area contributed by atoms with Gasteiger partial charge < -0.3 is 14.5 Å². The largest absolute Gasteiger partial charge is 0.465 e. The maximum Gasteiger partial charge on any atom is 0.325 e. The number of hydrogen-bond acceptors (Lipinski definition) is 3. The van der Waals surface area contributed by atoms with Crippen LogP contribution in [0, 0.1) is 5.41 Å². The molecule has 0 bridgehead atoms. The third-order valence-corrected chi connectivity index (χ3v) is 6.21. The van der Waals surface area contributed by atoms with Crippen LogP contribution >= 0.6 is 7.60 Å². The van der Waals surface area contributed by atoms with Crippen LogP contribution in [-0.4, -0.2) is 28.5 Å². The summed E-state index contributed by atoms with van der Waals surface area (Å²) in [5.74, 6) is -0.299. The zero-order valence-corrected chi connectivity index (χ0v) is 18.1. The van der Waals surface area contributed by atoms with Crippen molar-refractivity contribution in [1.29, 1.82) is 0 Å². The summed E-state index contributed by atoms with van der Waals surface area (Å²) in [5.41, 5.74) is -0.764. The summed E-state index contributed by atoms with van der Waals surface area (Å²) in [6.45, 7) is 6.40. The SMILES string of the molecule is CCCCCCCCCCCCOC(=O)C(CC)(CC)CCP(=O)(O)O. The van der Waals surface area contributed by atoms with Gasteiger partial charge in [-0.2, -0.15) is 0 Å². The average molecular weight is 393 g/mol. The molecular weight excluding hydrogens is 351 g/mol. The minimum absolute atomic E-state index is 0.182. The van der Waals surface area contributed by atoms with Crippen molar-refractivity contribution < 1.29 is 23.9 Å². The first kappa shape index (κ1) is 25.6. The lowest BCUT2D eigenvalue weighted by Crippen LogP contribution is -2.33. The normalized spacial score (nSPS) is 12.3. The second-order valence-corrected chi connectivity index (χ2v) is 9.22. The van der Waals surface area contributed by atoms with Crippen LogP contribution in [0.4, 0.5) is 0 Å². The van der Waals surface area contributed by atoms with Crippen LogP contribution in [0.1, 0.15) is 104 Å². The van der Waals surface area contributed by atoms with Gasteiger partial charge in [-0.25, -0.2) is 0 Å². The van der Waals surface area contributed by atoms with Gasteiger partial charge in [0.1, 0.15) is 0 Å². The van der Waals surface area contributed by atoms with Gasteiger partial charge in [-0.3, -0.25) is 9.36 Å². The van der Waals surface area contributed by atoms with E-state index in [9.17, 15) is 9.36 Å². The van der Waals surface area contributed by atoms with E-state index in [1.807, 2.05) is 13.8 Å². The molecule has 0 heterocycles. The lowest BCUT2D eigenvalue weighted by Gasteiger charge is -2.29. The van der Waals surface area contributed by atoms with Crippen LogP contribution in [0.15, 0.2) is 0 Å². The van der Waals surface area contributed by atoms with E-state index in [2.05, 4.69) is 6.92 Å². The molecule has 0 saturated heterocycles. The summed E-state index contributed by atoms with van der Waals surface area (Å²) >= 11 is 0. The Kier molecular flexibility index (Phi) is 14.4. The summed E-state index contributed by atoms with van der Waals surface area (Å²) < 4.78 is 16.6. The number of rotatable bonds is 17. The number of esters is 1. The molecule has 0 rings (SSSR count). The van der Waals surface area contributed by atoms with Gasteiger partial charge in [0.15, 0.2) is 0 Å². The van der Waals surface area contributed by atoms with Gasteiger partial charge in [0.2, 0.25) is 0 Å². The van der Waals surface area contributed by atoms with E-state index in [4.69, 9.17) is 14.5 Å². The Morgan fingerprint density at radius 1 is 0.846 bits per heavy atom. The van der Waals surface area contributed by atoms with Crippen LogP contribution < -0.4 is 0 Å². The van der Waals surface area contributed by atoms with E-state index in [0.717, 1.165) is 12.8 Å². The molecule has 0 fully saturated rings. The van der Waals surface area contributed by atoms with Gasteiger partial charge >= 0.3 is 13.6 Å². The third-order valence-electron chi connectivity index (χ3n) is 5.40. The maximum absolute atomic E-state index is 12.4. The van der Waals surface area contributed by atoms with E-state index in [1.54, 1.807) is 0 Å². The minimum atomic E-state index is -4.09. The van der Waals surface area contributed by atoms with Gasteiger partial charge in [0.05, 0.1) is 18.2 Å². The third kappa shape index (κ3) is 12.1. The highest BCUT2D eigenvalue weighted by Gasteiger charge is 2.38. The summed E-state index contributed by atoms with van der Waals surface area (Å²) in [7, 11) is -4.09. The van der Waals surface area contributed by atoms with Gasteiger partial charge in [0, 0.05) is 0 Å². The topological polar surface area (TPSA) is 83.8 Å². The molecule has 0 saturated carbocycles. The standard InChI is InChI=1S/C20H41O5P/c1-4-7-8-9-10-11-12-13-14-15-17-25-19(21)20(5-2,6-3)16-18-26(22,23)24/h4-18H2,1-3H3,(H2,22,23,24). The molecule has 156 valence electrons. The van der Waals surface area contributed by atoms with Crippen molar-refractivity contribution in [3.63, 3.8) is 0 Å². The fourth-order valence-electron chi connectivity index (χ4n) is 3.26. The molecule has 6 heteroatoms. The van der Waals surface area contributed by atoms with E-state index in [1.165, 1.54) is 51.4 Å². The van der Waals surface area contributed by atoms with Gasteiger partial charge in [-0.1, -0.05) is 78.6 Å². The van der Waals surface area contributed by atoms with Crippen LogP contribution in [0.2, 0.25) is 0 Å². The zero-order chi connectivity index (χ0) is 19.9. The second-order valence-electron chi connectivity index (χ2n) is 7.44. The molecule has 26 heavy (non-hydrogen) atoms. The number of carbonyl (C=O) groups is 1. The van der Waals surface area contributed by atoms with E-state index >= 15 is 0 Å². The molecule has 0 aromatic carbocycles. The Bertz CT molecular complexity index is 401. The van der Waals surface area contributed by atoms with E-state index < -0.39 is 13.0 Å². The number of hydrogen-bond donors (Lipinski definition) is 2. The molecule has 0 aliphatic heterocycles. The Balaban J connectivity index is 3.91. The lowest BCUT2D eigenvalue weighted by molar-refractivity contribution is -0.157. The molecule has 5 nitrogen and oxygen atoms in total. The second kappa shape index (κ2) is 14.6. The molecular formula is C20H41O5P. The average Bonchev–Trinajstić information content (AvgIpc) is 2.60. The van der Waals surface area contributed by atoms with Crippen molar-refractivity contribution in [2.75, 3.05) is 12.8 Å². The quantitative estimate of drug-likeness (QED) is 0.185. The first-order valence-corrected chi connectivity index (χ1v) is 12.3. The molecule has 0 unspecified atom stereocenters. The molecule has 0 aliphatic carbocycles. The smallest absolute Gasteiger partial charge is 0.325 e. The van der Waals surface area contributed by atoms with Gasteiger partial charge in [-0.15, -0.1) is 0 Å². The Morgan fingerprint density at radius 3 is 1.73 bits per heavy atom. The highest BCUT2D eigenvalue weighted by molar-refractivity contribution is 7.51. The predicted octanol–water partition coefficient (Wildman–Crippen LogP) is 5.82. The molecule has 0 atom stereocenters. The fourth-order valence-corrected chi connectivity index (χ4v) is 3.98. The summed E-state index contributed by atoms with van der Waals surface area (Å²) in [6, 6.07) is 0. The first-order chi connectivity index (χ1) is 12.3. The fraction of sp³-hybridized carbons (Fsp3) is 0.950. The Hall–Kier alpha value is -0.380.